The van der Waals surface area contributed by atoms with Crippen LogP contribution in [0.1, 0.15) is 21.5 Å². The number of aryl methyl sites for hydroxylation is 1. The van der Waals surface area contributed by atoms with Gasteiger partial charge in [0.05, 0.1) is 17.6 Å². The van der Waals surface area contributed by atoms with Crippen molar-refractivity contribution in [2.75, 3.05) is 19.0 Å². The van der Waals surface area contributed by atoms with Gasteiger partial charge in [0.25, 0.3) is 11.1 Å². The van der Waals surface area contributed by atoms with Gasteiger partial charge in [0.1, 0.15) is 6.54 Å². The number of nitrogens with one attached hydrogen (secondary N) is 1. The van der Waals surface area contributed by atoms with Crippen LogP contribution in [0.4, 0.5) is 10.5 Å². The minimum atomic E-state index is -0.556. The van der Waals surface area contributed by atoms with E-state index in [-0.39, 0.29) is 4.91 Å². The van der Waals surface area contributed by atoms with Crippen molar-refractivity contribution in [2.45, 2.75) is 6.92 Å². The van der Waals surface area contributed by atoms with Crippen LogP contribution in [0, 0.1) is 6.92 Å². The monoisotopic (exact) mass is 444 g/mol. The SMILES string of the molecule is COC(=O)c1ccc(/C=C2/SC(=O)N(CC(=O)Nc3ccc(C)c(Cl)c3)C2=O)cc1. The Morgan fingerprint density at radius 3 is 2.50 bits per heavy atom. The lowest BCUT2D eigenvalue weighted by Gasteiger charge is -2.13. The van der Waals surface area contributed by atoms with Gasteiger partial charge in [0, 0.05) is 10.7 Å². The van der Waals surface area contributed by atoms with Gasteiger partial charge in [-0.15, -0.1) is 0 Å². The molecule has 3 rings (SSSR count). The van der Waals surface area contributed by atoms with Crippen LogP contribution in [-0.4, -0.2) is 41.6 Å². The van der Waals surface area contributed by atoms with E-state index >= 15 is 0 Å². The Balaban J connectivity index is 1.68. The molecule has 7 nitrogen and oxygen atoms in total. The summed E-state index contributed by atoms with van der Waals surface area (Å²) >= 11 is 6.79. The molecular weight excluding hydrogens is 428 g/mol. The molecule has 3 amide bonds. The fourth-order valence-electron chi connectivity index (χ4n) is 2.64. The molecule has 1 heterocycles. The number of anilines is 1. The molecule has 2 aromatic rings. The molecule has 0 spiro atoms. The summed E-state index contributed by atoms with van der Waals surface area (Å²) in [6.45, 7) is 1.43. The molecule has 0 saturated carbocycles. The molecule has 1 saturated heterocycles. The highest BCUT2D eigenvalue weighted by atomic mass is 35.5. The number of methoxy groups -OCH3 is 1. The molecule has 0 atom stereocenters. The van der Waals surface area contributed by atoms with E-state index in [4.69, 9.17) is 11.6 Å². The highest BCUT2D eigenvalue weighted by Gasteiger charge is 2.36. The van der Waals surface area contributed by atoms with E-state index < -0.39 is 29.6 Å². The molecule has 154 valence electrons. The fraction of sp³-hybridized carbons (Fsp3) is 0.143. The minimum absolute atomic E-state index is 0.192. The number of halogens is 1. The van der Waals surface area contributed by atoms with Crippen molar-refractivity contribution in [2.24, 2.45) is 0 Å². The number of esters is 1. The summed E-state index contributed by atoms with van der Waals surface area (Å²) in [5.74, 6) is -1.54. The largest absolute Gasteiger partial charge is 0.465 e. The van der Waals surface area contributed by atoms with Crippen molar-refractivity contribution in [3.8, 4) is 0 Å². The number of amides is 3. The quantitative estimate of drug-likeness (QED) is 0.551. The summed E-state index contributed by atoms with van der Waals surface area (Å²) < 4.78 is 4.64. The number of imide groups is 1. The smallest absolute Gasteiger partial charge is 0.337 e. The van der Waals surface area contributed by atoms with E-state index in [1.807, 2.05) is 6.92 Å². The number of rotatable bonds is 5. The van der Waals surface area contributed by atoms with Gasteiger partial charge in [0.2, 0.25) is 5.91 Å². The van der Waals surface area contributed by atoms with Crippen LogP contribution in [0.2, 0.25) is 5.02 Å². The summed E-state index contributed by atoms with van der Waals surface area (Å²) in [6, 6.07) is 11.4. The number of carbonyl (C=O) groups is 4. The summed E-state index contributed by atoms with van der Waals surface area (Å²) in [6.07, 6.45) is 1.53. The maximum Gasteiger partial charge on any atom is 0.337 e. The third kappa shape index (κ3) is 4.90. The number of carbonyl (C=O) groups excluding carboxylic acids is 4. The average molecular weight is 445 g/mol. The standard InChI is InChI=1S/C21H17ClN2O5S/c1-12-3-8-15(10-16(12)22)23-18(25)11-24-19(26)17(30-21(24)28)9-13-4-6-14(7-5-13)20(27)29-2/h3-10H,11H2,1-2H3,(H,23,25)/b17-9+. The van der Waals surface area contributed by atoms with Crippen molar-refractivity contribution in [1.82, 2.24) is 4.90 Å². The predicted octanol–water partition coefficient (Wildman–Crippen LogP) is 4.11. The second-order valence-electron chi connectivity index (χ2n) is 6.39. The summed E-state index contributed by atoms with van der Waals surface area (Å²) in [5.41, 5.74) is 2.34. The molecule has 2 aromatic carbocycles. The van der Waals surface area contributed by atoms with Gasteiger partial charge >= 0.3 is 5.97 Å². The van der Waals surface area contributed by atoms with Crippen LogP contribution in [0.5, 0.6) is 0 Å². The molecule has 0 unspecified atom stereocenters. The van der Waals surface area contributed by atoms with Crippen molar-refractivity contribution >= 4 is 58.1 Å². The minimum Gasteiger partial charge on any atom is -0.465 e. The van der Waals surface area contributed by atoms with Crippen LogP contribution >= 0.6 is 23.4 Å². The first kappa shape index (κ1) is 21.6. The van der Waals surface area contributed by atoms with Gasteiger partial charge in [-0.05, 0) is 60.2 Å². The van der Waals surface area contributed by atoms with Crippen molar-refractivity contribution in [3.63, 3.8) is 0 Å². The fourth-order valence-corrected chi connectivity index (χ4v) is 3.65. The van der Waals surface area contributed by atoms with E-state index in [0.29, 0.717) is 21.8 Å². The highest BCUT2D eigenvalue weighted by Crippen LogP contribution is 2.32. The number of ether oxygens (including phenoxy) is 1. The van der Waals surface area contributed by atoms with E-state index in [1.165, 1.54) is 13.2 Å². The zero-order valence-corrected chi connectivity index (χ0v) is 17.7. The Morgan fingerprint density at radius 1 is 1.17 bits per heavy atom. The van der Waals surface area contributed by atoms with Gasteiger partial charge in [-0.3, -0.25) is 19.3 Å². The zero-order chi connectivity index (χ0) is 21.8. The van der Waals surface area contributed by atoms with Crippen LogP contribution in [0.15, 0.2) is 47.4 Å². The first-order valence-corrected chi connectivity index (χ1v) is 9.97. The molecule has 30 heavy (non-hydrogen) atoms. The second-order valence-corrected chi connectivity index (χ2v) is 7.79. The lowest BCUT2D eigenvalue weighted by atomic mass is 10.1. The molecule has 1 aliphatic rings. The average Bonchev–Trinajstić information content (AvgIpc) is 2.98. The maximum atomic E-state index is 12.6. The van der Waals surface area contributed by atoms with Crippen LogP contribution < -0.4 is 5.32 Å². The molecule has 0 aromatic heterocycles. The van der Waals surface area contributed by atoms with Gasteiger partial charge in [0.15, 0.2) is 0 Å². The Kier molecular flexibility index (Phi) is 6.59. The van der Waals surface area contributed by atoms with Crippen molar-refractivity contribution < 1.29 is 23.9 Å². The molecule has 1 fully saturated rings. The molecule has 0 bridgehead atoms. The predicted molar refractivity (Wildman–Crippen MR) is 115 cm³/mol. The lowest BCUT2D eigenvalue weighted by Crippen LogP contribution is -2.36. The Labute approximate surface area is 182 Å². The first-order valence-electron chi connectivity index (χ1n) is 8.78. The van der Waals surface area contributed by atoms with Gasteiger partial charge < -0.3 is 10.1 Å². The number of hydrogen-bond donors (Lipinski definition) is 1. The summed E-state index contributed by atoms with van der Waals surface area (Å²) in [7, 11) is 1.29. The van der Waals surface area contributed by atoms with Gasteiger partial charge in [-0.2, -0.15) is 0 Å². The molecule has 9 heteroatoms. The number of thioether (sulfide) groups is 1. The van der Waals surface area contributed by atoms with E-state index in [1.54, 1.807) is 42.5 Å². The third-order valence-electron chi connectivity index (χ3n) is 4.26. The van der Waals surface area contributed by atoms with E-state index in [9.17, 15) is 19.2 Å². The Bertz CT molecular complexity index is 1070. The number of nitrogens with zero attached hydrogens (tertiary/aromatic N) is 1. The zero-order valence-electron chi connectivity index (χ0n) is 16.1. The first-order chi connectivity index (χ1) is 14.3. The van der Waals surface area contributed by atoms with Gasteiger partial charge in [-0.25, -0.2) is 4.79 Å². The molecule has 0 aliphatic carbocycles. The van der Waals surface area contributed by atoms with Crippen molar-refractivity contribution in [3.05, 3.63) is 69.1 Å². The maximum absolute atomic E-state index is 12.6. The Hall–Kier alpha value is -3.10. The third-order valence-corrected chi connectivity index (χ3v) is 5.58. The van der Waals surface area contributed by atoms with E-state index in [0.717, 1.165) is 22.2 Å². The normalized spacial score (nSPS) is 14.9. The second kappa shape index (κ2) is 9.15. The van der Waals surface area contributed by atoms with E-state index in [2.05, 4.69) is 10.1 Å². The number of benzene rings is 2. The van der Waals surface area contributed by atoms with Crippen LogP contribution in [0.25, 0.3) is 6.08 Å². The number of hydrogen-bond acceptors (Lipinski definition) is 6. The highest BCUT2D eigenvalue weighted by molar-refractivity contribution is 8.18. The molecule has 1 N–H and O–H groups in total. The van der Waals surface area contributed by atoms with Gasteiger partial charge in [-0.1, -0.05) is 29.8 Å². The summed E-state index contributed by atoms with van der Waals surface area (Å²) in [4.78, 5) is 49.6. The van der Waals surface area contributed by atoms with Crippen LogP contribution in [-0.2, 0) is 14.3 Å². The lowest BCUT2D eigenvalue weighted by molar-refractivity contribution is -0.127. The Morgan fingerprint density at radius 2 is 1.87 bits per heavy atom. The molecule has 1 aliphatic heterocycles. The molecule has 0 radical (unpaired) electrons. The summed E-state index contributed by atoms with van der Waals surface area (Å²) in [5, 5.41) is 2.59. The van der Waals surface area contributed by atoms with Crippen molar-refractivity contribution in [1.29, 1.82) is 0 Å². The van der Waals surface area contributed by atoms with Crippen LogP contribution in [0.3, 0.4) is 0 Å². The topological polar surface area (TPSA) is 92.8 Å². The molecular formula is C21H17ClN2O5S.